The van der Waals surface area contributed by atoms with E-state index in [1.807, 2.05) is 0 Å². The van der Waals surface area contributed by atoms with E-state index in [-0.39, 0.29) is 6.04 Å². The first-order valence-electron chi connectivity index (χ1n) is 5.46. The SMILES string of the molecule is CNC(=O)[C@@H](O)[C@H](O)C(O)C(O)C(=O)NC(C)C. The van der Waals surface area contributed by atoms with Crippen molar-refractivity contribution in [3.05, 3.63) is 0 Å². The van der Waals surface area contributed by atoms with E-state index < -0.39 is 36.2 Å². The molecular formula is C10H20N2O6. The lowest BCUT2D eigenvalue weighted by atomic mass is 10.0. The summed E-state index contributed by atoms with van der Waals surface area (Å²) in [7, 11) is 1.23. The summed E-state index contributed by atoms with van der Waals surface area (Å²) in [6, 6.07) is -0.264. The standard InChI is InChI=1S/C10H20N2O6/c1-4(2)12-10(18)8(16)6(14)5(13)7(15)9(17)11-3/h4-8,13-16H,1-3H3,(H,11,17)(H,12,18)/t5-,6?,7+,8?/m1/s1. The van der Waals surface area contributed by atoms with E-state index >= 15 is 0 Å². The fourth-order valence-electron chi connectivity index (χ4n) is 1.20. The van der Waals surface area contributed by atoms with Crippen LogP contribution < -0.4 is 10.6 Å². The maximum absolute atomic E-state index is 11.3. The zero-order valence-corrected chi connectivity index (χ0v) is 10.5. The number of hydrogen-bond donors (Lipinski definition) is 6. The molecule has 4 atom stereocenters. The molecule has 0 saturated carbocycles. The predicted molar refractivity (Wildman–Crippen MR) is 61.4 cm³/mol. The minimum Gasteiger partial charge on any atom is -0.387 e. The van der Waals surface area contributed by atoms with E-state index in [1.54, 1.807) is 13.8 Å². The highest BCUT2D eigenvalue weighted by atomic mass is 16.4. The highest BCUT2D eigenvalue weighted by Crippen LogP contribution is 2.06. The molecule has 0 aliphatic rings. The first kappa shape index (κ1) is 16.8. The number of aliphatic hydroxyl groups excluding tert-OH is 4. The van der Waals surface area contributed by atoms with Crippen LogP contribution in [0.1, 0.15) is 13.8 Å². The molecule has 0 aromatic heterocycles. The molecule has 0 aromatic rings. The average Bonchev–Trinajstić information content (AvgIpc) is 2.33. The largest absolute Gasteiger partial charge is 0.387 e. The molecule has 2 unspecified atom stereocenters. The van der Waals surface area contributed by atoms with Crippen LogP contribution in [0.2, 0.25) is 0 Å². The first-order valence-corrected chi connectivity index (χ1v) is 5.46. The number of aliphatic hydroxyl groups is 4. The van der Waals surface area contributed by atoms with Gasteiger partial charge in [-0.2, -0.15) is 0 Å². The number of carbonyl (C=O) groups excluding carboxylic acids is 2. The predicted octanol–water partition coefficient (Wildman–Crippen LogP) is -3.30. The summed E-state index contributed by atoms with van der Waals surface area (Å²) in [4.78, 5) is 22.4. The van der Waals surface area contributed by atoms with Crippen molar-refractivity contribution in [3.8, 4) is 0 Å². The molecule has 8 nitrogen and oxygen atoms in total. The van der Waals surface area contributed by atoms with Crippen LogP contribution in [-0.2, 0) is 9.59 Å². The monoisotopic (exact) mass is 264 g/mol. The molecule has 0 radical (unpaired) electrons. The van der Waals surface area contributed by atoms with Gasteiger partial charge in [-0.05, 0) is 13.8 Å². The lowest BCUT2D eigenvalue weighted by Crippen LogP contribution is -2.54. The Morgan fingerprint density at radius 3 is 1.61 bits per heavy atom. The Balaban J connectivity index is 4.58. The Labute approximate surface area is 105 Å². The molecule has 0 aliphatic carbocycles. The minimum absolute atomic E-state index is 0.264. The molecule has 0 saturated heterocycles. The lowest BCUT2D eigenvalue weighted by Gasteiger charge is -2.25. The van der Waals surface area contributed by atoms with Gasteiger partial charge in [0.1, 0.15) is 12.2 Å². The Bertz CT molecular complexity index is 296. The quantitative estimate of drug-likeness (QED) is 0.297. The summed E-state index contributed by atoms with van der Waals surface area (Å²) in [5, 5.41) is 42.0. The second-order valence-corrected chi connectivity index (χ2v) is 4.15. The molecule has 6 N–H and O–H groups in total. The molecule has 0 bridgehead atoms. The van der Waals surface area contributed by atoms with Crippen LogP contribution in [-0.4, -0.2) is 69.7 Å². The van der Waals surface area contributed by atoms with Gasteiger partial charge in [0.05, 0.1) is 0 Å². The van der Waals surface area contributed by atoms with Crippen molar-refractivity contribution < 1.29 is 30.0 Å². The fourth-order valence-corrected chi connectivity index (χ4v) is 1.20. The maximum atomic E-state index is 11.3. The van der Waals surface area contributed by atoms with Gasteiger partial charge in [0.2, 0.25) is 0 Å². The second-order valence-electron chi connectivity index (χ2n) is 4.15. The Morgan fingerprint density at radius 1 is 0.889 bits per heavy atom. The van der Waals surface area contributed by atoms with Gasteiger partial charge in [0.15, 0.2) is 12.2 Å². The smallest absolute Gasteiger partial charge is 0.251 e. The number of likely N-dealkylation sites (N-methyl/N-ethyl adjacent to an activating group) is 1. The Morgan fingerprint density at radius 2 is 1.28 bits per heavy atom. The molecule has 0 spiro atoms. The zero-order valence-electron chi connectivity index (χ0n) is 10.5. The van der Waals surface area contributed by atoms with Gasteiger partial charge >= 0.3 is 0 Å². The topological polar surface area (TPSA) is 139 Å². The highest BCUT2D eigenvalue weighted by molar-refractivity contribution is 5.83. The number of carbonyl (C=O) groups is 2. The molecule has 8 heteroatoms. The van der Waals surface area contributed by atoms with Crippen molar-refractivity contribution in [1.82, 2.24) is 10.6 Å². The summed E-state index contributed by atoms with van der Waals surface area (Å²) in [6.45, 7) is 3.29. The van der Waals surface area contributed by atoms with E-state index in [4.69, 9.17) is 0 Å². The van der Waals surface area contributed by atoms with Gasteiger partial charge in [-0.3, -0.25) is 9.59 Å². The van der Waals surface area contributed by atoms with Crippen molar-refractivity contribution in [2.75, 3.05) is 7.05 Å². The minimum atomic E-state index is -1.98. The van der Waals surface area contributed by atoms with E-state index in [2.05, 4.69) is 10.6 Å². The summed E-state index contributed by atoms with van der Waals surface area (Å²) >= 11 is 0. The molecule has 0 heterocycles. The molecular weight excluding hydrogens is 244 g/mol. The van der Waals surface area contributed by atoms with Gasteiger partial charge in [0.25, 0.3) is 11.8 Å². The number of amides is 2. The van der Waals surface area contributed by atoms with E-state index in [0.717, 1.165) is 0 Å². The highest BCUT2D eigenvalue weighted by Gasteiger charge is 2.37. The van der Waals surface area contributed by atoms with Crippen molar-refractivity contribution in [2.24, 2.45) is 0 Å². The van der Waals surface area contributed by atoms with Crippen LogP contribution >= 0.6 is 0 Å². The zero-order chi connectivity index (χ0) is 14.5. The molecule has 2 amide bonds. The van der Waals surface area contributed by atoms with Crippen molar-refractivity contribution in [3.63, 3.8) is 0 Å². The average molecular weight is 264 g/mol. The van der Waals surface area contributed by atoms with E-state index in [1.165, 1.54) is 7.05 Å². The van der Waals surface area contributed by atoms with Crippen LogP contribution in [0.4, 0.5) is 0 Å². The van der Waals surface area contributed by atoms with Gasteiger partial charge < -0.3 is 31.1 Å². The summed E-state index contributed by atoms with van der Waals surface area (Å²) < 4.78 is 0. The van der Waals surface area contributed by atoms with Gasteiger partial charge in [-0.1, -0.05) is 0 Å². The molecule has 0 aromatic carbocycles. The lowest BCUT2D eigenvalue weighted by molar-refractivity contribution is -0.155. The Hall–Kier alpha value is -1.22. The molecule has 0 aliphatic heterocycles. The number of hydrogen-bond acceptors (Lipinski definition) is 6. The van der Waals surface area contributed by atoms with E-state index in [0.29, 0.717) is 0 Å². The van der Waals surface area contributed by atoms with E-state index in [9.17, 15) is 30.0 Å². The van der Waals surface area contributed by atoms with Crippen molar-refractivity contribution in [1.29, 1.82) is 0 Å². The molecule has 18 heavy (non-hydrogen) atoms. The first-order chi connectivity index (χ1) is 8.22. The third-order valence-corrected chi connectivity index (χ3v) is 2.21. The van der Waals surface area contributed by atoms with Gasteiger partial charge in [-0.15, -0.1) is 0 Å². The second kappa shape index (κ2) is 7.27. The summed E-state index contributed by atoms with van der Waals surface area (Å²) in [6.07, 6.45) is -7.83. The van der Waals surface area contributed by atoms with Crippen LogP contribution in [0.25, 0.3) is 0 Å². The van der Waals surface area contributed by atoms with Crippen LogP contribution in [0.3, 0.4) is 0 Å². The molecule has 0 rings (SSSR count). The summed E-state index contributed by atoms with van der Waals surface area (Å²) in [5.74, 6) is -1.83. The van der Waals surface area contributed by atoms with Crippen molar-refractivity contribution >= 4 is 11.8 Å². The molecule has 106 valence electrons. The Kier molecular flexibility index (Phi) is 6.77. The number of nitrogens with one attached hydrogen (secondary N) is 2. The molecule has 0 fully saturated rings. The van der Waals surface area contributed by atoms with Crippen LogP contribution in [0.5, 0.6) is 0 Å². The summed E-state index contributed by atoms with van der Waals surface area (Å²) in [5.41, 5.74) is 0. The third-order valence-electron chi connectivity index (χ3n) is 2.21. The van der Waals surface area contributed by atoms with Gasteiger partial charge in [0, 0.05) is 13.1 Å². The third kappa shape index (κ3) is 4.57. The van der Waals surface area contributed by atoms with Crippen LogP contribution in [0.15, 0.2) is 0 Å². The fraction of sp³-hybridized carbons (Fsp3) is 0.800. The normalized spacial score (nSPS) is 17.8. The van der Waals surface area contributed by atoms with Gasteiger partial charge in [-0.25, -0.2) is 0 Å². The maximum Gasteiger partial charge on any atom is 0.251 e. The van der Waals surface area contributed by atoms with Crippen molar-refractivity contribution in [2.45, 2.75) is 44.3 Å². The number of rotatable bonds is 6. The van der Waals surface area contributed by atoms with Crippen LogP contribution in [0, 0.1) is 0 Å².